The van der Waals surface area contributed by atoms with Crippen molar-refractivity contribution in [1.29, 1.82) is 0 Å². The average Bonchev–Trinajstić information content (AvgIpc) is 2.49. The van der Waals surface area contributed by atoms with Gasteiger partial charge in [0.1, 0.15) is 5.75 Å². The highest BCUT2D eigenvalue weighted by atomic mass is 35.5. The maximum atomic E-state index is 12.1. The fourth-order valence-electron chi connectivity index (χ4n) is 3.38. The lowest BCUT2D eigenvalue weighted by molar-refractivity contribution is -0.100. The van der Waals surface area contributed by atoms with Crippen LogP contribution in [0.2, 0.25) is 0 Å². The second kappa shape index (κ2) is 7.20. The van der Waals surface area contributed by atoms with Crippen molar-refractivity contribution in [2.24, 2.45) is 11.8 Å². The third-order valence-electron chi connectivity index (χ3n) is 4.61. The fraction of sp³-hybridized carbons (Fsp3) is 0.562. The van der Waals surface area contributed by atoms with E-state index in [1.165, 1.54) is 6.42 Å². The molecular weight excluding hydrogens is 304 g/mol. The summed E-state index contributed by atoms with van der Waals surface area (Å²) >= 11 is 0. The Labute approximate surface area is 137 Å². The molecule has 4 unspecified atom stereocenters. The van der Waals surface area contributed by atoms with Crippen molar-refractivity contribution >= 4 is 24.2 Å². The van der Waals surface area contributed by atoms with E-state index in [1.807, 2.05) is 18.2 Å². The molecule has 1 N–H and O–H groups in total. The van der Waals surface area contributed by atoms with Crippen LogP contribution in [-0.4, -0.2) is 37.4 Å². The van der Waals surface area contributed by atoms with E-state index in [-0.39, 0.29) is 18.6 Å². The van der Waals surface area contributed by atoms with Gasteiger partial charge in [-0.15, -0.1) is 12.4 Å². The van der Waals surface area contributed by atoms with Gasteiger partial charge in [-0.05, 0) is 30.4 Å². The number of hydrogen-bond donors (Lipinski definition) is 1. The van der Waals surface area contributed by atoms with Gasteiger partial charge in [-0.3, -0.25) is 10.2 Å². The predicted molar refractivity (Wildman–Crippen MR) is 87.6 cm³/mol. The topological polar surface area (TPSA) is 50.8 Å². The predicted octanol–water partition coefficient (Wildman–Crippen LogP) is 3.35. The van der Waals surface area contributed by atoms with Crippen molar-refractivity contribution in [1.82, 2.24) is 4.90 Å². The lowest BCUT2D eigenvalue weighted by Gasteiger charge is -2.47. The quantitative estimate of drug-likeness (QED) is 0.925. The number of nitrogens with one attached hydrogen (secondary N) is 1. The van der Waals surface area contributed by atoms with E-state index in [2.05, 4.69) is 17.1 Å². The summed E-state index contributed by atoms with van der Waals surface area (Å²) in [5.74, 6) is 2.02. The number of ether oxygens (including phenoxy) is 2. The molecule has 4 atom stereocenters. The van der Waals surface area contributed by atoms with E-state index in [4.69, 9.17) is 9.47 Å². The third kappa shape index (κ3) is 3.47. The van der Waals surface area contributed by atoms with Crippen molar-refractivity contribution in [3.63, 3.8) is 0 Å². The zero-order valence-corrected chi connectivity index (χ0v) is 13.8. The number of carbonyl (C=O) groups excluding carboxylic acids is 1. The molecule has 3 aliphatic heterocycles. The molecule has 5 nitrogen and oxygen atoms in total. The van der Waals surface area contributed by atoms with E-state index in [0.717, 1.165) is 19.5 Å². The van der Waals surface area contributed by atoms with Gasteiger partial charge < -0.3 is 9.47 Å². The number of amides is 1. The maximum absolute atomic E-state index is 12.1. The minimum atomic E-state index is -0.412. The number of halogens is 1. The third-order valence-corrected chi connectivity index (χ3v) is 4.61. The molecule has 4 rings (SSSR count). The van der Waals surface area contributed by atoms with Crippen LogP contribution in [0.3, 0.4) is 0 Å². The zero-order chi connectivity index (χ0) is 14.8. The molecule has 0 saturated carbocycles. The Morgan fingerprint density at radius 3 is 2.77 bits per heavy atom. The van der Waals surface area contributed by atoms with Crippen LogP contribution < -0.4 is 10.1 Å². The minimum absolute atomic E-state index is 0. The molecule has 3 heterocycles. The molecule has 2 bridgehead atoms. The highest BCUT2D eigenvalue weighted by Crippen LogP contribution is 2.36. The molecule has 1 aromatic carbocycles. The van der Waals surface area contributed by atoms with Gasteiger partial charge in [0.2, 0.25) is 0 Å². The van der Waals surface area contributed by atoms with Crippen LogP contribution in [0.15, 0.2) is 24.3 Å². The molecule has 0 spiro atoms. The van der Waals surface area contributed by atoms with Crippen LogP contribution in [0, 0.1) is 11.8 Å². The first kappa shape index (κ1) is 16.9. The smallest absolute Gasteiger partial charge is 0.413 e. The number of anilines is 1. The van der Waals surface area contributed by atoms with Crippen molar-refractivity contribution in [3.8, 4) is 5.75 Å². The van der Waals surface area contributed by atoms with E-state index < -0.39 is 6.09 Å². The summed E-state index contributed by atoms with van der Waals surface area (Å²) in [4.78, 5) is 14.4. The van der Waals surface area contributed by atoms with Crippen molar-refractivity contribution in [3.05, 3.63) is 24.3 Å². The normalized spacial score (nSPS) is 29.4. The number of rotatable bonds is 3. The standard InChI is InChI=1S/C16H22N2O3.ClH/c1-11-10-18-8-7-12(11)9-15(18)21-16(19)17-13-5-3-4-6-14(13)20-2;/h3-6,11-12,15H,7-10H2,1-2H3,(H,17,19);1H. The van der Waals surface area contributed by atoms with E-state index in [1.54, 1.807) is 13.2 Å². The second-order valence-corrected chi connectivity index (χ2v) is 5.94. The van der Waals surface area contributed by atoms with Crippen LogP contribution in [-0.2, 0) is 4.74 Å². The summed E-state index contributed by atoms with van der Waals surface area (Å²) in [7, 11) is 1.58. The Bertz CT molecular complexity index is 526. The molecular formula is C16H23ClN2O3. The number of benzene rings is 1. The lowest BCUT2D eigenvalue weighted by atomic mass is 9.79. The Balaban J connectivity index is 0.00000176. The van der Waals surface area contributed by atoms with Crippen LogP contribution in [0.4, 0.5) is 10.5 Å². The van der Waals surface area contributed by atoms with Crippen LogP contribution in [0.1, 0.15) is 19.8 Å². The zero-order valence-electron chi connectivity index (χ0n) is 13.0. The molecule has 1 aromatic rings. The van der Waals surface area contributed by atoms with Crippen molar-refractivity contribution < 1.29 is 14.3 Å². The number of piperidine rings is 3. The van der Waals surface area contributed by atoms with Gasteiger partial charge in [-0.25, -0.2) is 4.79 Å². The monoisotopic (exact) mass is 326 g/mol. The van der Waals surface area contributed by atoms with Crippen molar-refractivity contribution in [2.45, 2.75) is 26.0 Å². The van der Waals surface area contributed by atoms with Crippen LogP contribution in [0.25, 0.3) is 0 Å². The largest absolute Gasteiger partial charge is 0.495 e. The molecule has 3 fully saturated rings. The number of nitrogens with zero attached hydrogens (tertiary/aromatic N) is 1. The summed E-state index contributed by atoms with van der Waals surface area (Å²) in [6.07, 6.45) is 1.66. The van der Waals surface area contributed by atoms with Gasteiger partial charge in [-0.1, -0.05) is 19.1 Å². The van der Waals surface area contributed by atoms with Crippen LogP contribution >= 0.6 is 12.4 Å². The Morgan fingerprint density at radius 1 is 1.36 bits per heavy atom. The van der Waals surface area contributed by atoms with Gasteiger partial charge in [0.05, 0.1) is 12.8 Å². The van der Waals surface area contributed by atoms with Gasteiger partial charge in [-0.2, -0.15) is 0 Å². The lowest BCUT2D eigenvalue weighted by Crippen LogP contribution is -2.54. The van der Waals surface area contributed by atoms with E-state index in [0.29, 0.717) is 23.3 Å². The van der Waals surface area contributed by atoms with Gasteiger partial charge >= 0.3 is 6.09 Å². The average molecular weight is 327 g/mol. The maximum Gasteiger partial charge on any atom is 0.413 e. The van der Waals surface area contributed by atoms with Gasteiger partial charge in [0, 0.05) is 19.5 Å². The first-order valence-electron chi connectivity index (χ1n) is 7.52. The first-order valence-corrected chi connectivity index (χ1v) is 7.52. The van der Waals surface area contributed by atoms with Crippen molar-refractivity contribution in [2.75, 3.05) is 25.5 Å². The minimum Gasteiger partial charge on any atom is -0.495 e. The number of carbonyl (C=O) groups is 1. The number of hydrogen-bond acceptors (Lipinski definition) is 4. The summed E-state index contributed by atoms with van der Waals surface area (Å²) < 4.78 is 10.8. The molecule has 0 radical (unpaired) electrons. The number of para-hydroxylation sites is 2. The highest BCUT2D eigenvalue weighted by molar-refractivity contribution is 5.86. The van der Waals surface area contributed by atoms with Gasteiger partial charge in [0.25, 0.3) is 0 Å². The molecule has 3 saturated heterocycles. The highest BCUT2D eigenvalue weighted by Gasteiger charge is 2.39. The Morgan fingerprint density at radius 2 is 2.14 bits per heavy atom. The fourth-order valence-corrected chi connectivity index (χ4v) is 3.38. The first-order chi connectivity index (χ1) is 10.2. The van der Waals surface area contributed by atoms with Crippen LogP contribution in [0.5, 0.6) is 5.75 Å². The Hall–Kier alpha value is -1.46. The molecule has 0 aromatic heterocycles. The number of fused-ring (bicyclic) bond motifs is 3. The molecule has 122 valence electrons. The molecule has 22 heavy (non-hydrogen) atoms. The molecule has 0 aliphatic carbocycles. The van der Waals surface area contributed by atoms with Gasteiger partial charge in [0.15, 0.2) is 6.23 Å². The molecule has 1 amide bonds. The number of methoxy groups -OCH3 is 1. The summed E-state index contributed by atoms with van der Waals surface area (Å²) in [6, 6.07) is 7.33. The summed E-state index contributed by atoms with van der Waals surface area (Å²) in [5, 5.41) is 2.77. The second-order valence-electron chi connectivity index (χ2n) is 5.94. The van der Waals surface area contributed by atoms with E-state index >= 15 is 0 Å². The Kier molecular flexibility index (Phi) is 5.53. The van der Waals surface area contributed by atoms with E-state index in [9.17, 15) is 4.79 Å². The molecule has 6 heteroatoms. The summed E-state index contributed by atoms with van der Waals surface area (Å²) in [5.41, 5.74) is 0.634. The summed E-state index contributed by atoms with van der Waals surface area (Å²) in [6.45, 7) is 4.33. The molecule has 3 aliphatic rings. The SMILES string of the molecule is COc1ccccc1NC(=O)OC1CC2CCN1CC2C.Cl.